The van der Waals surface area contributed by atoms with Crippen LogP contribution in [0.25, 0.3) is 0 Å². The molecule has 0 spiro atoms. The van der Waals surface area contributed by atoms with Gasteiger partial charge in [0.05, 0.1) is 17.7 Å². The summed E-state index contributed by atoms with van der Waals surface area (Å²) < 4.78 is 4.94. The molecule has 0 unspecified atom stereocenters. The highest BCUT2D eigenvalue weighted by atomic mass is 16.3. The van der Waals surface area contributed by atoms with E-state index in [2.05, 4.69) is 12.2 Å². The first kappa shape index (κ1) is 14.6. The van der Waals surface area contributed by atoms with Crippen LogP contribution in [-0.2, 0) is 4.79 Å². The maximum atomic E-state index is 12.2. The van der Waals surface area contributed by atoms with Crippen molar-refractivity contribution in [1.29, 1.82) is 0 Å². The molecule has 1 fully saturated rings. The standard InChI is InChI=1S/C15H22N2O3/c1-2-3-7-16-14(18)12-5-4-8-17(10-12)15(19)13-6-9-20-11-13/h6,9,11-12H,2-5,7-8,10H2,1H3,(H,16,18)/t12-/m0/s1. The second-order valence-corrected chi connectivity index (χ2v) is 5.25. The van der Waals surface area contributed by atoms with Crippen molar-refractivity contribution < 1.29 is 14.0 Å². The van der Waals surface area contributed by atoms with Crippen LogP contribution in [-0.4, -0.2) is 36.3 Å². The second kappa shape index (κ2) is 7.12. The molecule has 2 rings (SSSR count). The lowest BCUT2D eigenvalue weighted by molar-refractivity contribution is -0.126. The molecule has 0 aromatic carbocycles. The molecule has 110 valence electrons. The molecule has 2 heterocycles. The Morgan fingerprint density at radius 1 is 1.50 bits per heavy atom. The molecule has 1 aliphatic heterocycles. The summed E-state index contributed by atoms with van der Waals surface area (Å²) in [5.41, 5.74) is 0.553. The van der Waals surface area contributed by atoms with Crippen LogP contribution in [0.15, 0.2) is 23.0 Å². The van der Waals surface area contributed by atoms with Gasteiger partial charge in [-0.05, 0) is 25.3 Å². The second-order valence-electron chi connectivity index (χ2n) is 5.25. The third-order valence-electron chi connectivity index (χ3n) is 3.68. The van der Waals surface area contributed by atoms with E-state index in [4.69, 9.17) is 4.42 Å². The largest absolute Gasteiger partial charge is 0.472 e. The Kier molecular flexibility index (Phi) is 5.21. The lowest BCUT2D eigenvalue weighted by Gasteiger charge is -2.31. The molecular formula is C15H22N2O3. The van der Waals surface area contributed by atoms with E-state index in [1.54, 1.807) is 11.0 Å². The number of furan rings is 1. The number of amides is 2. The van der Waals surface area contributed by atoms with Gasteiger partial charge in [0.15, 0.2) is 0 Å². The van der Waals surface area contributed by atoms with Gasteiger partial charge in [0.1, 0.15) is 6.26 Å². The van der Waals surface area contributed by atoms with Gasteiger partial charge in [0.25, 0.3) is 5.91 Å². The third-order valence-corrected chi connectivity index (χ3v) is 3.68. The Morgan fingerprint density at radius 3 is 3.05 bits per heavy atom. The smallest absolute Gasteiger partial charge is 0.257 e. The van der Waals surface area contributed by atoms with Crippen LogP contribution >= 0.6 is 0 Å². The maximum Gasteiger partial charge on any atom is 0.257 e. The van der Waals surface area contributed by atoms with Crippen LogP contribution in [0.3, 0.4) is 0 Å². The average molecular weight is 278 g/mol. The molecule has 1 N–H and O–H groups in total. The predicted octanol–water partition coefficient (Wildman–Crippen LogP) is 2.05. The molecule has 5 heteroatoms. The highest BCUT2D eigenvalue weighted by molar-refractivity contribution is 5.94. The number of nitrogens with zero attached hydrogens (tertiary/aromatic N) is 1. The van der Waals surface area contributed by atoms with E-state index < -0.39 is 0 Å². The van der Waals surface area contributed by atoms with Crippen LogP contribution in [0.2, 0.25) is 0 Å². The first-order valence-electron chi connectivity index (χ1n) is 7.31. The van der Waals surface area contributed by atoms with Gasteiger partial charge >= 0.3 is 0 Å². The minimum Gasteiger partial charge on any atom is -0.472 e. The summed E-state index contributed by atoms with van der Waals surface area (Å²) in [6.07, 6.45) is 6.73. The summed E-state index contributed by atoms with van der Waals surface area (Å²) in [5, 5.41) is 2.95. The van der Waals surface area contributed by atoms with Crippen molar-refractivity contribution in [3.8, 4) is 0 Å². The van der Waals surface area contributed by atoms with Gasteiger partial charge in [-0.2, -0.15) is 0 Å². The number of hydrogen-bond donors (Lipinski definition) is 1. The molecule has 0 radical (unpaired) electrons. The van der Waals surface area contributed by atoms with Crippen LogP contribution in [0.1, 0.15) is 43.0 Å². The van der Waals surface area contributed by atoms with Gasteiger partial charge in [-0.15, -0.1) is 0 Å². The number of hydrogen-bond acceptors (Lipinski definition) is 3. The van der Waals surface area contributed by atoms with E-state index >= 15 is 0 Å². The normalized spacial score (nSPS) is 18.9. The third kappa shape index (κ3) is 3.62. The maximum absolute atomic E-state index is 12.2. The van der Waals surface area contributed by atoms with Crippen molar-refractivity contribution >= 4 is 11.8 Å². The molecule has 2 amide bonds. The Hall–Kier alpha value is -1.78. The van der Waals surface area contributed by atoms with Crippen molar-refractivity contribution in [1.82, 2.24) is 10.2 Å². The fraction of sp³-hybridized carbons (Fsp3) is 0.600. The number of unbranched alkanes of at least 4 members (excludes halogenated alkanes) is 1. The van der Waals surface area contributed by atoms with Crippen molar-refractivity contribution in [2.24, 2.45) is 5.92 Å². The highest BCUT2D eigenvalue weighted by Crippen LogP contribution is 2.19. The zero-order valence-corrected chi connectivity index (χ0v) is 11.9. The summed E-state index contributed by atoms with van der Waals surface area (Å²) in [7, 11) is 0. The monoisotopic (exact) mass is 278 g/mol. The number of carbonyl (C=O) groups is 2. The van der Waals surface area contributed by atoms with Crippen LogP contribution < -0.4 is 5.32 Å². The zero-order chi connectivity index (χ0) is 14.4. The van der Waals surface area contributed by atoms with E-state index in [1.807, 2.05) is 0 Å². The van der Waals surface area contributed by atoms with Gasteiger partial charge in [-0.1, -0.05) is 13.3 Å². The van der Waals surface area contributed by atoms with E-state index in [0.717, 1.165) is 32.2 Å². The summed E-state index contributed by atoms with van der Waals surface area (Å²) >= 11 is 0. The first-order valence-corrected chi connectivity index (χ1v) is 7.31. The van der Waals surface area contributed by atoms with E-state index in [9.17, 15) is 9.59 Å². The summed E-state index contributed by atoms with van der Waals surface area (Å²) in [6.45, 7) is 4.03. The van der Waals surface area contributed by atoms with Crippen LogP contribution in [0.4, 0.5) is 0 Å². The zero-order valence-electron chi connectivity index (χ0n) is 11.9. The number of likely N-dealkylation sites (tertiary alicyclic amines) is 1. The van der Waals surface area contributed by atoms with Crippen molar-refractivity contribution in [3.63, 3.8) is 0 Å². The molecule has 0 bridgehead atoms. The fourth-order valence-corrected chi connectivity index (χ4v) is 2.48. The highest BCUT2D eigenvalue weighted by Gasteiger charge is 2.28. The number of carbonyl (C=O) groups excluding carboxylic acids is 2. The van der Waals surface area contributed by atoms with Crippen molar-refractivity contribution in [2.45, 2.75) is 32.6 Å². The first-order chi connectivity index (χ1) is 9.72. The summed E-state index contributed by atoms with van der Waals surface area (Å²) in [5.74, 6) is -0.0654. The molecule has 1 aromatic rings. The molecule has 0 saturated carbocycles. The predicted molar refractivity (Wildman–Crippen MR) is 75.3 cm³/mol. The SMILES string of the molecule is CCCCNC(=O)[C@H]1CCCN(C(=O)c2ccoc2)C1. The number of nitrogens with one attached hydrogen (secondary N) is 1. The van der Waals surface area contributed by atoms with Gasteiger partial charge in [0, 0.05) is 19.6 Å². The molecule has 1 aliphatic rings. The fourth-order valence-electron chi connectivity index (χ4n) is 2.48. The molecule has 1 saturated heterocycles. The van der Waals surface area contributed by atoms with Crippen molar-refractivity contribution in [3.05, 3.63) is 24.2 Å². The van der Waals surface area contributed by atoms with E-state index in [-0.39, 0.29) is 17.7 Å². The molecule has 20 heavy (non-hydrogen) atoms. The summed E-state index contributed by atoms with van der Waals surface area (Å²) in [6, 6.07) is 1.66. The number of rotatable bonds is 5. The minimum atomic E-state index is -0.0866. The van der Waals surface area contributed by atoms with Gasteiger partial charge in [-0.3, -0.25) is 9.59 Å². The molecular weight excluding hydrogens is 256 g/mol. The Bertz CT molecular complexity index is 442. The lowest BCUT2D eigenvalue weighted by atomic mass is 9.96. The average Bonchev–Trinajstić information content (AvgIpc) is 3.01. The Morgan fingerprint density at radius 2 is 2.35 bits per heavy atom. The molecule has 1 aromatic heterocycles. The van der Waals surface area contributed by atoms with Crippen molar-refractivity contribution in [2.75, 3.05) is 19.6 Å². The molecule has 1 atom stereocenters. The summed E-state index contributed by atoms with van der Waals surface area (Å²) in [4.78, 5) is 26.0. The van der Waals surface area contributed by atoms with Gasteiger partial charge < -0.3 is 14.6 Å². The minimum absolute atomic E-state index is 0.0511. The molecule has 5 nitrogen and oxygen atoms in total. The number of piperidine rings is 1. The van der Waals surface area contributed by atoms with Gasteiger partial charge in [0.2, 0.25) is 5.91 Å². The van der Waals surface area contributed by atoms with E-state index in [0.29, 0.717) is 18.7 Å². The lowest BCUT2D eigenvalue weighted by Crippen LogP contribution is -2.45. The van der Waals surface area contributed by atoms with Crippen LogP contribution in [0.5, 0.6) is 0 Å². The molecule has 0 aliphatic carbocycles. The van der Waals surface area contributed by atoms with E-state index in [1.165, 1.54) is 12.5 Å². The van der Waals surface area contributed by atoms with Gasteiger partial charge in [-0.25, -0.2) is 0 Å². The topological polar surface area (TPSA) is 62.6 Å². The quantitative estimate of drug-likeness (QED) is 0.838. The Labute approximate surface area is 119 Å². The Balaban J connectivity index is 1.88. The van der Waals surface area contributed by atoms with Crippen LogP contribution in [0, 0.1) is 5.92 Å².